The van der Waals surface area contributed by atoms with E-state index in [1.165, 1.54) is 12.1 Å². The lowest BCUT2D eigenvalue weighted by Gasteiger charge is -2.44. The molecule has 1 N–H and O–H groups in total. The monoisotopic (exact) mass is 633 g/mol. The summed E-state index contributed by atoms with van der Waals surface area (Å²) in [6.45, 7) is 1.37. The first-order chi connectivity index (χ1) is 20.0. The lowest BCUT2D eigenvalue weighted by molar-refractivity contribution is -0.264. The maximum atomic E-state index is 13.2. The molecule has 1 saturated heterocycles. The predicted octanol–water partition coefficient (Wildman–Crippen LogP) is 6.02. The van der Waals surface area contributed by atoms with Crippen molar-refractivity contribution < 1.29 is 38.1 Å². The Morgan fingerprint density at radius 1 is 0.714 bits per heavy atom. The third-order valence-corrected chi connectivity index (χ3v) is 6.91. The first-order valence-corrected chi connectivity index (χ1v) is 13.9. The van der Waals surface area contributed by atoms with Gasteiger partial charge in [0.15, 0.2) is 6.10 Å². The second-order valence-electron chi connectivity index (χ2n) is 9.28. The van der Waals surface area contributed by atoms with E-state index in [0.29, 0.717) is 5.56 Å². The topological polar surface area (TPSA) is 121 Å². The van der Waals surface area contributed by atoms with Crippen molar-refractivity contribution in [3.63, 3.8) is 0 Å². The zero-order chi connectivity index (χ0) is 30.3. The second kappa shape index (κ2) is 14.0. The molecule has 220 valence electrons. The Kier molecular flexibility index (Phi) is 10.5. The van der Waals surface area contributed by atoms with E-state index < -0.39 is 58.1 Å². The van der Waals surface area contributed by atoms with Gasteiger partial charge < -0.3 is 23.7 Å². The van der Waals surface area contributed by atoms with Crippen LogP contribution in [0.4, 0.5) is 0 Å². The number of benzene rings is 3. The minimum Gasteiger partial charge on any atom is -0.459 e. The number of esters is 3. The van der Waals surface area contributed by atoms with Crippen LogP contribution in [0.2, 0.25) is 0 Å². The van der Waals surface area contributed by atoms with E-state index in [9.17, 15) is 14.4 Å². The van der Waals surface area contributed by atoms with E-state index in [4.69, 9.17) is 63.9 Å². The Balaban J connectivity index is 1.65. The van der Waals surface area contributed by atoms with Crippen LogP contribution in [0.15, 0.2) is 91.0 Å². The van der Waals surface area contributed by atoms with E-state index in [2.05, 4.69) is 0 Å². The highest BCUT2D eigenvalue weighted by atomic mass is 35.6. The van der Waals surface area contributed by atoms with Crippen molar-refractivity contribution in [3.8, 4) is 0 Å². The lowest BCUT2D eigenvalue weighted by Crippen LogP contribution is -2.59. The number of rotatable bonds is 8. The first-order valence-electron chi connectivity index (χ1n) is 12.8. The maximum absolute atomic E-state index is 13.2. The molecule has 4 rings (SSSR count). The number of nitrogens with one attached hydrogen (secondary N) is 1. The van der Waals surface area contributed by atoms with Crippen LogP contribution in [-0.2, 0) is 23.7 Å². The Bertz CT molecular complexity index is 1390. The maximum Gasteiger partial charge on any atom is 0.338 e. The van der Waals surface area contributed by atoms with Gasteiger partial charge in [0.2, 0.25) is 18.3 Å². The van der Waals surface area contributed by atoms with Gasteiger partial charge in [0.25, 0.3) is 3.79 Å². The quantitative estimate of drug-likeness (QED) is 0.105. The molecule has 5 unspecified atom stereocenters. The SMILES string of the molecule is CC1C(COC(=O)c2ccccc2)OC(OC(=N)C(Cl)(Cl)Cl)C(OC(=O)c2ccccc2)C1OC(=O)c1ccccc1. The van der Waals surface area contributed by atoms with Crippen LogP contribution in [-0.4, -0.2) is 58.8 Å². The number of carbonyl (C=O) groups is 3. The fourth-order valence-corrected chi connectivity index (χ4v) is 4.29. The fourth-order valence-electron chi connectivity index (χ4n) is 4.15. The van der Waals surface area contributed by atoms with Crippen molar-refractivity contribution in [3.05, 3.63) is 108 Å². The Hall–Kier alpha value is -3.63. The molecule has 1 fully saturated rings. The summed E-state index contributed by atoms with van der Waals surface area (Å²) < 4.78 is 26.4. The molecule has 0 aromatic heterocycles. The average Bonchev–Trinajstić information content (AvgIpc) is 3.00. The minimum atomic E-state index is -2.29. The zero-order valence-electron chi connectivity index (χ0n) is 22.2. The number of carbonyl (C=O) groups excluding carboxylic acids is 3. The van der Waals surface area contributed by atoms with Crippen LogP contribution in [0.1, 0.15) is 38.0 Å². The molecule has 0 saturated carbocycles. The summed E-state index contributed by atoms with van der Waals surface area (Å²) in [5.74, 6) is -3.66. The molecule has 1 aliphatic rings. The minimum absolute atomic E-state index is 0.201. The molecule has 0 spiro atoms. The Labute approximate surface area is 257 Å². The number of halogens is 3. The number of hydrogen-bond donors (Lipinski definition) is 1. The Morgan fingerprint density at radius 2 is 1.14 bits per heavy atom. The van der Waals surface area contributed by atoms with Gasteiger partial charge in [-0.25, -0.2) is 14.4 Å². The smallest absolute Gasteiger partial charge is 0.338 e. The van der Waals surface area contributed by atoms with Gasteiger partial charge in [0.1, 0.15) is 12.7 Å². The van der Waals surface area contributed by atoms with Crippen LogP contribution >= 0.6 is 34.8 Å². The summed E-state index contributed by atoms with van der Waals surface area (Å²) in [7, 11) is 0. The van der Waals surface area contributed by atoms with Gasteiger partial charge >= 0.3 is 17.9 Å². The molecular formula is C30H26Cl3NO8. The normalized spacial score (nSPS) is 22.0. The fraction of sp³-hybridized carbons (Fsp3) is 0.267. The van der Waals surface area contributed by atoms with Crippen molar-refractivity contribution >= 4 is 58.6 Å². The van der Waals surface area contributed by atoms with Crippen molar-refractivity contribution in [2.75, 3.05) is 6.61 Å². The number of alkyl halides is 3. The molecule has 42 heavy (non-hydrogen) atoms. The molecule has 12 heteroatoms. The van der Waals surface area contributed by atoms with Crippen molar-refractivity contribution in [1.29, 1.82) is 5.41 Å². The molecule has 3 aromatic carbocycles. The van der Waals surface area contributed by atoms with Gasteiger partial charge in [-0.15, -0.1) is 0 Å². The van der Waals surface area contributed by atoms with Crippen LogP contribution in [0.5, 0.6) is 0 Å². The first kappa shape index (κ1) is 31.3. The van der Waals surface area contributed by atoms with E-state index >= 15 is 0 Å². The van der Waals surface area contributed by atoms with Gasteiger partial charge in [-0.05, 0) is 36.4 Å². The molecule has 9 nitrogen and oxygen atoms in total. The van der Waals surface area contributed by atoms with E-state index in [1.54, 1.807) is 85.8 Å². The standard InChI is InChI=1S/C30H26Cl3NO8/c1-18-22(17-38-25(35)19-11-5-2-6-12-19)39-28(42-29(34)30(31,32)33)24(41-27(37)21-15-9-4-10-16-21)23(18)40-26(36)20-13-7-3-8-14-20/h2-16,18,22-24,28,34H,17H2,1H3. The molecule has 3 aromatic rings. The summed E-state index contributed by atoms with van der Waals surface area (Å²) in [6.07, 6.45) is -5.17. The molecule has 0 bridgehead atoms. The van der Waals surface area contributed by atoms with Gasteiger partial charge in [0, 0.05) is 5.92 Å². The lowest BCUT2D eigenvalue weighted by atomic mass is 9.90. The van der Waals surface area contributed by atoms with Crippen molar-refractivity contribution in [2.24, 2.45) is 5.92 Å². The molecule has 0 amide bonds. The number of hydrogen-bond acceptors (Lipinski definition) is 9. The molecule has 5 atom stereocenters. The van der Waals surface area contributed by atoms with Crippen LogP contribution in [0.25, 0.3) is 0 Å². The largest absolute Gasteiger partial charge is 0.459 e. The average molecular weight is 635 g/mol. The summed E-state index contributed by atoms with van der Waals surface area (Å²) >= 11 is 17.6. The molecule has 0 radical (unpaired) electrons. The van der Waals surface area contributed by atoms with Crippen LogP contribution in [0.3, 0.4) is 0 Å². The molecular weight excluding hydrogens is 609 g/mol. The van der Waals surface area contributed by atoms with E-state index in [-0.39, 0.29) is 17.7 Å². The van der Waals surface area contributed by atoms with Gasteiger partial charge in [-0.1, -0.05) is 96.3 Å². The summed E-state index contributed by atoms with van der Waals surface area (Å²) in [5, 5.41) is 8.12. The molecule has 1 heterocycles. The third-order valence-electron chi connectivity index (χ3n) is 6.39. The van der Waals surface area contributed by atoms with E-state index in [0.717, 1.165) is 0 Å². The predicted molar refractivity (Wildman–Crippen MR) is 155 cm³/mol. The van der Waals surface area contributed by atoms with Crippen molar-refractivity contribution in [1.82, 2.24) is 0 Å². The van der Waals surface area contributed by atoms with Gasteiger partial charge in [-0.3, -0.25) is 5.41 Å². The van der Waals surface area contributed by atoms with Crippen LogP contribution < -0.4 is 0 Å². The molecule has 1 aliphatic heterocycles. The van der Waals surface area contributed by atoms with Gasteiger partial charge in [0.05, 0.1) is 16.7 Å². The van der Waals surface area contributed by atoms with Gasteiger partial charge in [-0.2, -0.15) is 0 Å². The van der Waals surface area contributed by atoms with Crippen LogP contribution in [0, 0.1) is 11.3 Å². The highest BCUT2D eigenvalue weighted by molar-refractivity contribution is 6.76. The highest BCUT2D eigenvalue weighted by Crippen LogP contribution is 2.35. The summed E-state index contributed by atoms with van der Waals surface area (Å²) in [6, 6.07) is 24.6. The van der Waals surface area contributed by atoms with Crippen molar-refractivity contribution in [2.45, 2.75) is 35.3 Å². The zero-order valence-corrected chi connectivity index (χ0v) is 24.4. The number of ether oxygens (including phenoxy) is 5. The molecule has 0 aliphatic carbocycles. The summed E-state index contributed by atoms with van der Waals surface area (Å²) in [5.41, 5.74) is 0.753. The second-order valence-corrected chi connectivity index (χ2v) is 11.6. The third kappa shape index (κ3) is 8.01. The Morgan fingerprint density at radius 3 is 1.60 bits per heavy atom. The summed E-state index contributed by atoms with van der Waals surface area (Å²) in [4.78, 5) is 38.9. The van der Waals surface area contributed by atoms with E-state index in [1.807, 2.05) is 0 Å². The highest BCUT2D eigenvalue weighted by Gasteiger charge is 2.51.